The second kappa shape index (κ2) is 4.88. The van der Waals surface area contributed by atoms with E-state index in [0.717, 1.165) is 22.2 Å². The summed E-state index contributed by atoms with van der Waals surface area (Å²) < 4.78 is 0. The number of hydrogen-bond donors (Lipinski definition) is 0. The predicted octanol–water partition coefficient (Wildman–Crippen LogP) is 4.25. The Morgan fingerprint density at radius 1 is 1.00 bits per heavy atom. The second-order valence-corrected chi connectivity index (χ2v) is 5.60. The van der Waals surface area contributed by atoms with Crippen molar-refractivity contribution in [2.24, 2.45) is 4.99 Å². The highest BCUT2D eigenvalue weighted by atomic mass is 16.1. The molecule has 3 nitrogen and oxygen atoms in total. The molecule has 0 amide bonds. The van der Waals surface area contributed by atoms with Crippen molar-refractivity contribution in [1.82, 2.24) is 4.98 Å². The fourth-order valence-electron chi connectivity index (χ4n) is 2.81. The third kappa shape index (κ3) is 2.11. The zero-order valence-corrected chi connectivity index (χ0v) is 12.2. The molecule has 2 heterocycles. The average Bonchev–Trinajstić information content (AvgIpc) is 2.55. The topological polar surface area (TPSA) is 42.3 Å². The normalized spacial score (nSPS) is 13.9. The number of aromatic nitrogens is 1. The van der Waals surface area contributed by atoms with E-state index in [1.165, 1.54) is 5.39 Å². The molecule has 0 fully saturated rings. The van der Waals surface area contributed by atoms with Crippen LogP contribution in [0.1, 0.15) is 27.9 Å². The number of Topliss-reactive ketones (excluding diaryl/α,β-unsaturated/α-hetero) is 1. The number of fused-ring (bicyclic) bond motifs is 2. The molecule has 22 heavy (non-hydrogen) atoms. The average molecular weight is 286 g/mol. The van der Waals surface area contributed by atoms with Gasteiger partial charge in [0.25, 0.3) is 0 Å². The number of nitrogens with zero attached hydrogens (tertiary/aromatic N) is 2. The first-order valence-electron chi connectivity index (χ1n) is 7.27. The maximum atomic E-state index is 12.4. The standard InChI is InChI=1S/C19H14N2O/c1-12-8-16-18(22)10-17(21-19(16)20-11-12)15-7-6-13-4-2-3-5-14(13)9-15/h2-9,11H,10H2,1H3. The molecule has 0 saturated carbocycles. The summed E-state index contributed by atoms with van der Waals surface area (Å²) in [6.07, 6.45) is 2.08. The Morgan fingerprint density at radius 2 is 1.82 bits per heavy atom. The summed E-state index contributed by atoms with van der Waals surface area (Å²) in [7, 11) is 0. The van der Waals surface area contributed by atoms with Crippen molar-refractivity contribution < 1.29 is 4.79 Å². The van der Waals surface area contributed by atoms with E-state index < -0.39 is 0 Å². The lowest BCUT2D eigenvalue weighted by Crippen LogP contribution is -2.15. The number of pyridine rings is 1. The lowest BCUT2D eigenvalue weighted by molar-refractivity contribution is 0.0999. The van der Waals surface area contributed by atoms with Gasteiger partial charge >= 0.3 is 0 Å². The first-order valence-corrected chi connectivity index (χ1v) is 7.27. The Balaban J connectivity index is 1.84. The fraction of sp³-hybridized carbons (Fsp3) is 0.105. The number of carbonyl (C=O) groups excluding carboxylic acids is 1. The number of carbonyl (C=O) groups is 1. The van der Waals surface area contributed by atoms with Crippen molar-refractivity contribution in [3.8, 4) is 0 Å². The largest absolute Gasteiger partial charge is 0.294 e. The van der Waals surface area contributed by atoms with Gasteiger partial charge in [-0.3, -0.25) is 4.79 Å². The number of ketones is 1. The third-order valence-corrected chi connectivity index (χ3v) is 3.96. The summed E-state index contributed by atoms with van der Waals surface area (Å²) in [6.45, 7) is 1.93. The molecule has 106 valence electrons. The maximum absolute atomic E-state index is 12.4. The zero-order valence-electron chi connectivity index (χ0n) is 12.2. The lowest BCUT2D eigenvalue weighted by Gasteiger charge is -2.14. The van der Waals surface area contributed by atoms with Crippen molar-refractivity contribution >= 4 is 28.1 Å². The Kier molecular flexibility index (Phi) is 2.86. The van der Waals surface area contributed by atoms with Gasteiger partial charge in [-0.25, -0.2) is 9.98 Å². The maximum Gasteiger partial charge on any atom is 0.172 e. The summed E-state index contributed by atoms with van der Waals surface area (Å²) >= 11 is 0. The molecule has 1 aliphatic rings. The second-order valence-electron chi connectivity index (χ2n) is 5.60. The summed E-state index contributed by atoms with van der Waals surface area (Å²) in [4.78, 5) is 21.3. The van der Waals surface area contributed by atoms with E-state index in [1.54, 1.807) is 6.20 Å². The van der Waals surface area contributed by atoms with Gasteiger partial charge < -0.3 is 0 Å². The van der Waals surface area contributed by atoms with Gasteiger partial charge in [0.15, 0.2) is 11.6 Å². The van der Waals surface area contributed by atoms with Crippen LogP contribution in [0.25, 0.3) is 10.8 Å². The monoisotopic (exact) mass is 286 g/mol. The molecule has 0 bridgehead atoms. The number of aryl methyl sites for hydroxylation is 1. The smallest absolute Gasteiger partial charge is 0.172 e. The zero-order chi connectivity index (χ0) is 15.1. The SMILES string of the molecule is Cc1cnc2c(c1)C(=O)CC(c1ccc3ccccc3c1)=N2. The molecule has 0 atom stereocenters. The van der Waals surface area contributed by atoms with Crippen molar-refractivity contribution in [2.45, 2.75) is 13.3 Å². The molecule has 0 aliphatic carbocycles. The highest BCUT2D eigenvalue weighted by molar-refractivity contribution is 6.21. The van der Waals surface area contributed by atoms with Crippen LogP contribution in [-0.4, -0.2) is 16.5 Å². The number of rotatable bonds is 1. The Bertz CT molecular complexity index is 941. The first-order chi connectivity index (χ1) is 10.7. The molecule has 1 aliphatic heterocycles. The molecule has 0 unspecified atom stereocenters. The number of benzene rings is 2. The van der Waals surface area contributed by atoms with Crippen LogP contribution in [0.4, 0.5) is 5.82 Å². The molecule has 0 radical (unpaired) electrons. The summed E-state index contributed by atoms with van der Waals surface area (Å²) in [5.41, 5.74) is 3.39. The molecule has 0 spiro atoms. The predicted molar refractivity (Wildman–Crippen MR) is 88.1 cm³/mol. The lowest BCUT2D eigenvalue weighted by atomic mass is 9.96. The number of hydrogen-bond acceptors (Lipinski definition) is 3. The Hall–Kier alpha value is -2.81. The van der Waals surface area contributed by atoms with Gasteiger partial charge in [0.2, 0.25) is 0 Å². The molecule has 3 heteroatoms. The summed E-state index contributed by atoms with van der Waals surface area (Å²) in [5.74, 6) is 0.620. The van der Waals surface area contributed by atoms with Crippen LogP contribution < -0.4 is 0 Å². The molecule has 3 aromatic rings. The van der Waals surface area contributed by atoms with E-state index in [2.05, 4.69) is 34.2 Å². The Morgan fingerprint density at radius 3 is 2.68 bits per heavy atom. The van der Waals surface area contributed by atoms with Crippen molar-refractivity contribution in [2.75, 3.05) is 0 Å². The molecule has 4 rings (SSSR count). The van der Waals surface area contributed by atoms with E-state index >= 15 is 0 Å². The van der Waals surface area contributed by atoms with Gasteiger partial charge in [-0.15, -0.1) is 0 Å². The van der Waals surface area contributed by atoms with Crippen LogP contribution in [0.2, 0.25) is 0 Å². The molecule has 1 aromatic heterocycles. The van der Waals surface area contributed by atoms with E-state index in [-0.39, 0.29) is 5.78 Å². The van der Waals surface area contributed by atoms with E-state index in [1.807, 2.05) is 31.2 Å². The van der Waals surface area contributed by atoms with Gasteiger partial charge in [-0.1, -0.05) is 36.4 Å². The van der Waals surface area contributed by atoms with Crippen LogP contribution in [0.5, 0.6) is 0 Å². The Labute approximate surface area is 128 Å². The molecule has 0 saturated heterocycles. The molecule has 2 aromatic carbocycles. The number of aliphatic imine (C=N–C) groups is 1. The third-order valence-electron chi connectivity index (χ3n) is 3.96. The van der Waals surface area contributed by atoms with Crippen LogP contribution in [0.15, 0.2) is 59.7 Å². The van der Waals surface area contributed by atoms with Crippen molar-refractivity contribution in [3.63, 3.8) is 0 Å². The van der Waals surface area contributed by atoms with Gasteiger partial charge in [-0.05, 0) is 41.0 Å². The van der Waals surface area contributed by atoms with Crippen molar-refractivity contribution in [1.29, 1.82) is 0 Å². The minimum absolute atomic E-state index is 0.0874. The van der Waals surface area contributed by atoms with Crippen molar-refractivity contribution in [3.05, 3.63) is 71.4 Å². The van der Waals surface area contributed by atoms with Crippen LogP contribution in [-0.2, 0) is 0 Å². The minimum Gasteiger partial charge on any atom is -0.294 e. The molecule has 0 N–H and O–H groups in total. The summed E-state index contributed by atoms with van der Waals surface area (Å²) in [5, 5.41) is 2.33. The summed E-state index contributed by atoms with van der Waals surface area (Å²) in [6, 6.07) is 16.2. The van der Waals surface area contributed by atoms with Crippen LogP contribution in [0, 0.1) is 6.92 Å². The van der Waals surface area contributed by atoms with E-state index in [9.17, 15) is 4.79 Å². The van der Waals surface area contributed by atoms with Gasteiger partial charge in [0.05, 0.1) is 17.7 Å². The molecular formula is C19H14N2O. The minimum atomic E-state index is 0.0874. The molecular weight excluding hydrogens is 272 g/mol. The quantitative estimate of drug-likeness (QED) is 0.671. The van der Waals surface area contributed by atoms with E-state index in [4.69, 9.17) is 0 Å². The first kappa shape index (κ1) is 12.9. The van der Waals surface area contributed by atoms with Crippen LogP contribution >= 0.6 is 0 Å². The fourth-order valence-corrected chi connectivity index (χ4v) is 2.81. The van der Waals surface area contributed by atoms with Gasteiger partial charge in [0, 0.05) is 6.20 Å². The van der Waals surface area contributed by atoms with Gasteiger partial charge in [-0.2, -0.15) is 0 Å². The highest BCUT2D eigenvalue weighted by Gasteiger charge is 2.22. The van der Waals surface area contributed by atoms with Gasteiger partial charge in [0.1, 0.15) is 0 Å². The van der Waals surface area contributed by atoms with Crippen LogP contribution in [0.3, 0.4) is 0 Å². The highest BCUT2D eigenvalue weighted by Crippen LogP contribution is 2.27. The van der Waals surface area contributed by atoms with E-state index in [0.29, 0.717) is 17.8 Å².